The van der Waals surface area contributed by atoms with Gasteiger partial charge in [-0.25, -0.2) is 0 Å². The number of benzene rings is 1. The highest BCUT2D eigenvalue weighted by atomic mass is 127. The number of oxime groups is 1. The van der Waals surface area contributed by atoms with Crippen molar-refractivity contribution in [2.45, 2.75) is 0 Å². The molecule has 0 aliphatic carbocycles. The standard InChI is InChI=1S/C8H8INO3/c1-13-7-3-5(4-10-12)2-6(9)8(7)11/h2-4,11-12H,1H3/b10-4-. The van der Waals surface area contributed by atoms with Crippen LogP contribution in [0.5, 0.6) is 11.5 Å². The molecule has 0 radical (unpaired) electrons. The first kappa shape index (κ1) is 10.1. The molecule has 1 aromatic rings. The maximum Gasteiger partial charge on any atom is 0.171 e. The van der Waals surface area contributed by atoms with Crippen LogP contribution in [0.15, 0.2) is 17.3 Å². The highest BCUT2D eigenvalue weighted by Crippen LogP contribution is 2.31. The van der Waals surface area contributed by atoms with Crippen LogP contribution in [0.1, 0.15) is 5.56 Å². The molecule has 5 heteroatoms. The van der Waals surface area contributed by atoms with E-state index in [1.165, 1.54) is 13.3 Å². The van der Waals surface area contributed by atoms with E-state index in [0.717, 1.165) is 0 Å². The maximum absolute atomic E-state index is 9.45. The Labute approximate surface area is 89.0 Å². The molecule has 2 N–H and O–H groups in total. The van der Waals surface area contributed by atoms with Crippen LogP contribution in [0, 0.1) is 3.57 Å². The van der Waals surface area contributed by atoms with E-state index in [2.05, 4.69) is 5.16 Å². The average molecular weight is 293 g/mol. The van der Waals surface area contributed by atoms with E-state index < -0.39 is 0 Å². The molecule has 70 valence electrons. The van der Waals surface area contributed by atoms with E-state index in [1.54, 1.807) is 12.1 Å². The van der Waals surface area contributed by atoms with Gasteiger partial charge < -0.3 is 15.1 Å². The number of phenolic OH excluding ortho intramolecular Hbond substituents is 1. The lowest BCUT2D eigenvalue weighted by molar-refractivity contribution is 0.321. The molecule has 4 nitrogen and oxygen atoms in total. The SMILES string of the molecule is COc1cc(/C=N\O)cc(I)c1O. The number of hydrogen-bond acceptors (Lipinski definition) is 4. The zero-order chi connectivity index (χ0) is 9.84. The van der Waals surface area contributed by atoms with Crippen LogP contribution in [0.25, 0.3) is 0 Å². The third kappa shape index (κ3) is 2.24. The second kappa shape index (κ2) is 4.31. The van der Waals surface area contributed by atoms with Gasteiger partial charge in [-0.2, -0.15) is 0 Å². The highest BCUT2D eigenvalue weighted by molar-refractivity contribution is 14.1. The van der Waals surface area contributed by atoms with Gasteiger partial charge in [0.2, 0.25) is 0 Å². The first-order valence-corrected chi connectivity index (χ1v) is 4.51. The number of nitrogens with zero attached hydrogens (tertiary/aromatic N) is 1. The summed E-state index contributed by atoms with van der Waals surface area (Å²) in [5.41, 5.74) is 0.668. The van der Waals surface area contributed by atoms with Crippen LogP contribution in [0.4, 0.5) is 0 Å². The van der Waals surface area contributed by atoms with Gasteiger partial charge in [-0.05, 0) is 34.7 Å². The van der Waals surface area contributed by atoms with E-state index in [1.807, 2.05) is 22.6 Å². The predicted molar refractivity (Wildman–Crippen MR) is 56.8 cm³/mol. The summed E-state index contributed by atoms with van der Waals surface area (Å²) in [6.45, 7) is 0. The lowest BCUT2D eigenvalue weighted by Gasteiger charge is -2.05. The second-order valence-corrected chi connectivity index (χ2v) is 3.46. The molecule has 13 heavy (non-hydrogen) atoms. The number of aromatic hydroxyl groups is 1. The van der Waals surface area contributed by atoms with Crippen LogP contribution in [-0.4, -0.2) is 23.6 Å². The lowest BCUT2D eigenvalue weighted by Crippen LogP contribution is -1.89. The predicted octanol–water partition coefficient (Wildman–Crippen LogP) is 1.81. The Morgan fingerprint density at radius 2 is 2.23 bits per heavy atom. The fourth-order valence-corrected chi connectivity index (χ4v) is 1.52. The molecule has 0 aliphatic heterocycles. The van der Waals surface area contributed by atoms with Crippen molar-refractivity contribution in [3.8, 4) is 11.5 Å². The maximum atomic E-state index is 9.45. The summed E-state index contributed by atoms with van der Waals surface area (Å²) >= 11 is 1.97. The normalized spacial score (nSPS) is 10.6. The van der Waals surface area contributed by atoms with E-state index in [9.17, 15) is 5.11 Å². The largest absolute Gasteiger partial charge is 0.504 e. The van der Waals surface area contributed by atoms with Gasteiger partial charge in [0.05, 0.1) is 16.9 Å². The Morgan fingerprint density at radius 3 is 2.77 bits per heavy atom. The zero-order valence-corrected chi connectivity index (χ0v) is 9.02. The van der Waals surface area contributed by atoms with Crippen LogP contribution in [0.2, 0.25) is 0 Å². The monoisotopic (exact) mass is 293 g/mol. The van der Waals surface area contributed by atoms with Gasteiger partial charge in [-0.1, -0.05) is 5.16 Å². The molecule has 0 spiro atoms. The average Bonchev–Trinajstić information content (AvgIpc) is 2.11. The molecule has 0 saturated carbocycles. The van der Waals surface area contributed by atoms with Crippen LogP contribution < -0.4 is 4.74 Å². The Bertz CT molecular complexity index is 338. The van der Waals surface area contributed by atoms with Crippen LogP contribution in [-0.2, 0) is 0 Å². The van der Waals surface area contributed by atoms with E-state index >= 15 is 0 Å². The molecule has 0 heterocycles. The molecule has 0 atom stereocenters. The molecule has 0 unspecified atom stereocenters. The van der Waals surface area contributed by atoms with Crippen LogP contribution in [0.3, 0.4) is 0 Å². The van der Waals surface area contributed by atoms with Crippen molar-refractivity contribution in [2.75, 3.05) is 7.11 Å². The topological polar surface area (TPSA) is 62.0 Å². The molecule has 0 fully saturated rings. The minimum Gasteiger partial charge on any atom is -0.504 e. The summed E-state index contributed by atoms with van der Waals surface area (Å²) in [6.07, 6.45) is 1.27. The summed E-state index contributed by atoms with van der Waals surface area (Å²) in [4.78, 5) is 0. The fraction of sp³-hybridized carbons (Fsp3) is 0.125. The van der Waals surface area contributed by atoms with Crippen LogP contribution >= 0.6 is 22.6 Å². The Morgan fingerprint density at radius 1 is 1.54 bits per heavy atom. The second-order valence-electron chi connectivity index (χ2n) is 2.30. The first-order valence-electron chi connectivity index (χ1n) is 3.43. The van der Waals surface area contributed by atoms with Gasteiger partial charge in [0.1, 0.15) is 0 Å². The smallest absolute Gasteiger partial charge is 0.171 e. The summed E-state index contributed by atoms with van der Waals surface area (Å²) in [5, 5.41) is 20.6. The molecular weight excluding hydrogens is 285 g/mol. The summed E-state index contributed by atoms with van der Waals surface area (Å²) in [7, 11) is 1.46. The minimum absolute atomic E-state index is 0.0955. The van der Waals surface area contributed by atoms with Gasteiger partial charge in [0, 0.05) is 5.56 Å². The van der Waals surface area contributed by atoms with Crippen molar-refractivity contribution in [2.24, 2.45) is 5.16 Å². The van der Waals surface area contributed by atoms with E-state index in [-0.39, 0.29) is 5.75 Å². The van der Waals surface area contributed by atoms with Gasteiger partial charge in [-0.3, -0.25) is 0 Å². The van der Waals surface area contributed by atoms with Crippen molar-refractivity contribution in [3.63, 3.8) is 0 Å². The number of hydrogen-bond donors (Lipinski definition) is 2. The van der Waals surface area contributed by atoms with E-state index in [4.69, 9.17) is 9.94 Å². The van der Waals surface area contributed by atoms with Gasteiger partial charge in [0.25, 0.3) is 0 Å². The number of halogens is 1. The number of phenols is 1. The Hall–Kier alpha value is -0.980. The molecule has 0 bridgehead atoms. The van der Waals surface area contributed by atoms with Gasteiger partial charge in [0.15, 0.2) is 11.5 Å². The van der Waals surface area contributed by atoms with E-state index in [0.29, 0.717) is 14.9 Å². The molecule has 0 aromatic heterocycles. The Kier molecular flexibility index (Phi) is 3.35. The first-order chi connectivity index (χ1) is 6.19. The van der Waals surface area contributed by atoms with Crippen molar-refractivity contribution in [1.82, 2.24) is 0 Å². The number of rotatable bonds is 2. The summed E-state index contributed by atoms with van der Waals surface area (Å²) in [6, 6.07) is 3.26. The molecule has 0 saturated heterocycles. The Balaban J connectivity index is 3.21. The van der Waals surface area contributed by atoms with Crippen molar-refractivity contribution >= 4 is 28.8 Å². The molecule has 0 amide bonds. The third-order valence-corrected chi connectivity index (χ3v) is 2.30. The number of methoxy groups -OCH3 is 1. The number of ether oxygens (including phenoxy) is 1. The molecule has 0 aliphatic rings. The summed E-state index contributed by atoms with van der Waals surface area (Å²) in [5.74, 6) is 0.458. The minimum atomic E-state index is 0.0955. The quantitative estimate of drug-likeness (QED) is 0.378. The van der Waals surface area contributed by atoms with Gasteiger partial charge >= 0.3 is 0 Å². The molecule has 1 rings (SSSR count). The lowest BCUT2D eigenvalue weighted by atomic mass is 10.2. The van der Waals surface area contributed by atoms with Crippen molar-refractivity contribution in [3.05, 3.63) is 21.3 Å². The third-order valence-electron chi connectivity index (χ3n) is 1.48. The highest BCUT2D eigenvalue weighted by Gasteiger charge is 2.06. The zero-order valence-electron chi connectivity index (χ0n) is 6.86. The fourth-order valence-electron chi connectivity index (χ4n) is 0.891. The summed E-state index contributed by atoms with van der Waals surface area (Å²) < 4.78 is 5.56. The molecular formula is C8H8INO3. The van der Waals surface area contributed by atoms with Gasteiger partial charge in [-0.15, -0.1) is 0 Å². The van der Waals surface area contributed by atoms with Crippen molar-refractivity contribution in [1.29, 1.82) is 0 Å². The molecule has 1 aromatic carbocycles. The van der Waals surface area contributed by atoms with Crippen molar-refractivity contribution < 1.29 is 15.1 Å².